The summed E-state index contributed by atoms with van der Waals surface area (Å²) in [7, 11) is 0. The Morgan fingerprint density at radius 2 is 2.04 bits per heavy atom. The van der Waals surface area contributed by atoms with Crippen LogP contribution in [0.25, 0.3) is 0 Å². The summed E-state index contributed by atoms with van der Waals surface area (Å²) in [6.07, 6.45) is 3.41. The van der Waals surface area contributed by atoms with Crippen molar-refractivity contribution in [3.05, 3.63) is 49.6 Å². The van der Waals surface area contributed by atoms with Gasteiger partial charge in [-0.15, -0.1) is 23.4 Å². The van der Waals surface area contributed by atoms with Crippen LogP contribution in [0, 0.1) is 0 Å². The second-order valence-corrected chi connectivity index (χ2v) is 7.29. The third kappa shape index (κ3) is 5.89. The molecule has 1 N–H and O–H groups in total. The first-order valence-electron chi connectivity index (χ1n) is 8.12. The van der Waals surface area contributed by atoms with E-state index in [4.69, 9.17) is 4.74 Å². The Morgan fingerprint density at radius 3 is 2.73 bits per heavy atom. The number of benzene rings is 1. The molecule has 138 valence electrons. The van der Waals surface area contributed by atoms with Gasteiger partial charge in [-0.25, -0.2) is 0 Å². The van der Waals surface area contributed by atoms with Crippen molar-refractivity contribution in [1.82, 2.24) is 15.1 Å². The summed E-state index contributed by atoms with van der Waals surface area (Å²) in [5, 5.41) is 12.1. The summed E-state index contributed by atoms with van der Waals surface area (Å²) in [4.78, 5) is 13.9. The van der Waals surface area contributed by atoms with Crippen LogP contribution in [0.2, 0.25) is 0 Å². The van der Waals surface area contributed by atoms with Crippen LogP contribution < -0.4 is 10.1 Å². The van der Waals surface area contributed by atoms with Crippen LogP contribution in [0.1, 0.15) is 6.92 Å². The number of carbonyl (C=O) groups excluding carboxylic acids is 1. The van der Waals surface area contributed by atoms with Crippen LogP contribution in [-0.2, 0) is 4.79 Å². The fraction of sp³-hybridized carbons (Fsp3) is 0.278. The largest absolute Gasteiger partial charge is 0.492 e. The number of nitrogens with zero attached hydrogens (tertiary/aromatic N) is 3. The van der Waals surface area contributed by atoms with Gasteiger partial charge in [-0.3, -0.25) is 4.79 Å². The average molecular weight is 391 g/mol. The van der Waals surface area contributed by atoms with E-state index < -0.39 is 0 Å². The van der Waals surface area contributed by atoms with Gasteiger partial charge in [-0.1, -0.05) is 47.4 Å². The number of nitrogens with one attached hydrogen (secondary N) is 1. The summed E-state index contributed by atoms with van der Waals surface area (Å²) in [5.74, 6) is 1.08. The van der Waals surface area contributed by atoms with E-state index in [9.17, 15) is 4.79 Å². The number of hydrogen-bond acceptors (Lipinski definition) is 7. The van der Waals surface area contributed by atoms with Crippen LogP contribution in [0.3, 0.4) is 0 Å². The Morgan fingerprint density at radius 1 is 1.31 bits per heavy atom. The fourth-order valence-corrected chi connectivity index (χ4v) is 3.76. The molecule has 0 saturated heterocycles. The maximum Gasteiger partial charge on any atom is 0.233 e. The van der Waals surface area contributed by atoms with Gasteiger partial charge in [0, 0.05) is 13.1 Å². The van der Waals surface area contributed by atoms with Crippen LogP contribution >= 0.6 is 23.1 Å². The third-order valence-corrected chi connectivity index (χ3v) is 5.16. The van der Waals surface area contributed by atoms with Crippen LogP contribution in [0.4, 0.5) is 10.8 Å². The summed E-state index contributed by atoms with van der Waals surface area (Å²) >= 11 is 2.77. The van der Waals surface area contributed by atoms with Crippen molar-refractivity contribution in [3.8, 4) is 5.75 Å². The zero-order valence-corrected chi connectivity index (χ0v) is 16.3. The molecule has 6 nitrogen and oxygen atoms in total. The molecule has 0 aliphatic heterocycles. The van der Waals surface area contributed by atoms with Gasteiger partial charge in [-0.2, -0.15) is 0 Å². The molecule has 2 aromatic rings. The second kappa shape index (κ2) is 10.6. The van der Waals surface area contributed by atoms with Crippen molar-refractivity contribution in [2.45, 2.75) is 11.3 Å². The number of anilines is 2. The molecule has 0 aliphatic rings. The number of ether oxygens (including phenoxy) is 1. The molecule has 1 amide bonds. The lowest BCUT2D eigenvalue weighted by Crippen LogP contribution is -2.32. The second-order valence-electron chi connectivity index (χ2n) is 5.09. The number of thioether (sulfide) groups is 1. The maximum atomic E-state index is 12.2. The molecule has 0 unspecified atom stereocenters. The Labute approximate surface area is 162 Å². The number of aromatic nitrogens is 2. The van der Waals surface area contributed by atoms with Crippen LogP contribution in [-0.4, -0.2) is 46.5 Å². The Kier molecular flexibility index (Phi) is 8.17. The first-order chi connectivity index (χ1) is 12.7. The molecule has 0 aliphatic carbocycles. The SMILES string of the molecule is C=CCN(CC=C)C(=O)CSc1nnc(Nc2ccccc2OCC)s1. The zero-order valence-electron chi connectivity index (χ0n) is 14.7. The molecule has 2 rings (SSSR count). The first-order valence-corrected chi connectivity index (χ1v) is 9.92. The summed E-state index contributed by atoms with van der Waals surface area (Å²) in [6, 6.07) is 7.66. The minimum atomic E-state index is 0.0150. The molecular formula is C18H22N4O2S2. The van der Waals surface area contributed by atoms with Gasteiger partial charge in [0.15, 0.2) is 4.34 Å². The van der Waals surface area contributed by atoms with Crippen LogP contribution in [0.15, 0.2) is 53.9 Å². The highest BCUT2D eigenvalue weighted by molar-refractivity contribution is 8.01. The first kappa shape index (κ1) is 20.0. The molecule has 26 heavy (non-hydrogen) atoms. The van der Waals surface area contributed by atoms with E-state index >= 15 is 0 Å². The predicted octanol–water partition coefficient (Wildman–Crippen LogP) is 3.97. The van der Waals surface area contributed by atoms with Crippen molar-refractivity contribution in [2.75, 3.05) is 30.8 Å². The van der Waals surface area contributed by atoms with E-state index in [1.54, 1.807) is 17.1 Å². The number of hydrogen-bond donors (Lipinski definition) is 1. The average Bonchev–Trinajstić information content (AvgIpc) is 3.09. The standard InChI is InChI=1S/C18H22N4O2S2/c1-4-11-22(12-5-2)16(23)13-25-18-21-20-17(26-18)19-14-9-7-8-10-15(14)24-6-3/h4-5,7-10H,1-2,6,11-13H2,3H3,(H,19,20). The molecule has 0 spiro atoms. The Balaban J connectivity index is 1.94. The highest BCUT2D eigenvalue weighted by Gasteiger charge is 2.14. The molecule has 0 atom stereocenters. The minimum Gasteiger partial charge on any atom is -0.492 e. The molecule has 1 heterocycles. The van der Waals surface area contributed by atoms with Crippen LogP contribution in [0.5, 0.6) is 5.75 Å². The lowest BCUT2D eigenvalue weighted by atomic mass is 10.3. The summed E-state index contributed by atoms with van der Waals surface area (Å²) < 4.78 is 6.32. The molecular weight excluding hydrogens is 368 g/mol. The topological polar surface area (TPSA) is 67.4 Å². The molecule has 0 saturated carbocycles. The quantitative estimate of drug-likeness (QED) is 0.462. The van der Waals surface area contributed by atoms with Gasteiger partial charge < -0.3 is 15.0 Å². The Hall–Kier alpha value is -2.32. The molecule has 0 fully saturated rings. The number of carbonyl (C=O) groups is 1. The lowest BCUT2D eigenvalue weighted by Gasteiger charge is -2.18. The van der Waals surface area contributed by atoms with Gasteiger partial charge in [0.25, 0.3) is 0 Å². The van der Waals surface area contributed by atoms with E-state index in [-0.39, 0.29) is 5.91 Å². The molecule has 0 bridgehead atoms. The monoisotopic (exact) mass is 390 g/mol. The summed E-state index contributed by atoms with van der Waals surface area (Å²) in [5.41, 5.74) is 0.835. The third-order valence-electron chi connectivity index (χ3n) is 3.21. The molecule has 1 aromatic carbocycles. The smallest absolute Gasteiger partial charge is 0.233 e. The number of para-hydroxylation sites is 2. The van der Waals surface area contributed by atoms with E-state index in [0.717, 1.165) is 15.8 Å². The normalized spacial score (nSPS) is 10.2. The zero-order chi connectivity index (χ0) is 18.8. The fourth-order valence-electron chi connectivity index (χ4n) is 2.09. The van der Waals surface area contributed by atoms with Gasteiger partial charge in [-0.05, 0) is 19.1 Å². The van der Waals surface area contributed by atoms with Gasteiger partial charge in [0.2, 0.25) is 11.0 Å². The number of rotatable bonds is 11. The van der Waals surface area contributed by atoms with Gasteiger partial charge in [0.1, 0.15) is 5.75 Å². The minimum absolute atomic E-state index is 0.0150. The van der Waals surface area contributed by atoms with E-state index in [1.165, 1.54) is 23.1 Å². The Bertz CT molecular complexity index is 738. The van der Waals surface area contributed by atoms with Crippen molar-refractivity contribution < 1.29 is 9.53 Å². The van der Waals surface area contributed by atoms with Crippen molar-refractivity contribution in [3.63, 3.8) is 0 Å². The number of amides is 1. The predicted molar refractivity (Wildman–Crippen MR) is 109 cm³/mol. The molecule has 0 radical (unpaired) electrons. The maximum absolute atomic E-state index is 12.2. The van der Waals surface area contributed by atoms with Gasteiger partial charge in [0.05, 0.1) is 18.0 Å². The highest BCUT2D eigenvalue weighted by Crippen LogP contribution is 2.31. The van der Waals surface area contributed by atoms with Crippen molar-refractivity contribution in [2.24, 2.45) is 0 Å². The van der Waals surface area contributed by atoms with Crippen molar-refractivity contribution >= 4 is 39.8 Å². The van der Waals surface area contributed by atoms with E-state index in [2.05, 4.69) is 28.7 Å². The molecule has 1 aromatic heterocycles. The van der Waals surface area contributed by atoms with E-state index in [1.807, 2.05) is 31.2 Å². The lowest BCUT2D eigenvalue weighted by molar-refractivity contribution is -0.127. The highest BCUT2D eigenvalue weighted by atomic mass is 32.2. The summed E-state index contributed by atoms with van der Waals surface area (Å²) in [6.45, 7) is 10.9. The molecule has 8 heteroatoms. The van der Waals surface area contributed by atoms with Crippen molar-refractivity contribution in [1.29, 1.82) is 0 Å². The van der Waals surface area contributed by atoms with Gasteiger partial charge >= 0.3 is 0 Å². The van der Waals surface area contributed by atoms with E-state index in [0.29, 0.717) is 30.6 Å².